The van der Waals surface area contributed by atoms with Crippen molar-refractivity contribution < 1.29 is 14.3 Å². The smallest absolute Gasteiger partial charge is 0.302 e. The highest BCUT2D eigenvalue weighted by Gasteiger charge is 2.53. The van der Waals surface area contributed by atoms with E-state index in [2.05, 4.69) is 19.1 Å². The van der Waals surface area contributed by atoms with Crippen molar-refractivity contribution in [2.75, 3.05) is 0 Å². The number of allylic oxidation sites excluding steroid dienone is 5. The zero-order chi connectivity index (χ0) is 16.2. The van der Waals surface area contributed by atoms with Gasteiger partial charge in [0.05, 0.1) is 0 Å². The minimum absolute atomic E-state index is 0.0117. The van der Waals surface area contributed by atoms with E-state index in [4.69, 9.17) is 4.74 Å². The minimum atomic E-state index is -0.172. The molecule has 0 amide bonds. The zero-order valence-corrected chi connectivity index (χ0v) is 13.9. The lowest BCUT2D eigenvalue weighted by atomic mass is 9.60. The van der Waals surface area contributed by atoms with Crippen molar-refractivity contribution >= 4 is 11.8 Å². The lowest BCUT2D eigenvalue weighted by Crippen LogP contribution is -2.40. The van der Waals surface area contributed by atoms with Gasteiger partial charge in [-0.3, -0.25) is 9.59 Å². The molecule has 0 aromatic carbocycles. The van der Waals surface area contributed by atoms with E-state index in [0.717, 1.165) is 32.1 Å². The van der Waals surface area contributed by atoms with Gasteiger partial charge in [0.1, 0.15) is 6.10 Å². The molecule has 122 valence electrons. The molecule has 0 heterocycles. The van der Waals surface area contributed by atoms with E-state index >= 15 is 0 Å². The molecule has 0 saturated heterocycles. The molecule has 4 aliphatic carbocycles. The van der Waals surface area contributed by atoms with E-state index in [9.17, 15) is 9.59 Å². The summed E-state index contributed by atoms with van der Waals surface area (Å²) < 4.78 is 5.62. The Balaban J connectivity index is 1.73. The van der Waals surface area contributed by atoms with E-state index in [1.807, 2.05) is 6.08 Å². The summed E-state index contributed by atoms with van der Waals surface area (Å²) in [6.07, 6.45) is 12.2. The normalized spacial score (nSPS) is 38.6. The van der Waals surface area contributed by atoms with Gasteiger partial charge >= 0.3 is 5.97 Å². The summed E-state index contributed by atoms with van der Waals surface area (Å²) in [7, 11) is 0. The fraction of sp³-hybridized carbons (Fsp3) is 0.600. The molecule has 3 heteroatoms. The van der Waals surface area contributed by atoms with Gasteiger partial charge in [0.25, 0.3) is 0 Å². The van der Waals surface area contributed by atoms with Gasteiger partial charge < -0.3 is 4.74 Å². The van der Waals surface area contributed by atoms with Crippen molar-refractivity contribution in [1.29, 1.82) is 0 Å². The fourth-order valence-corrected chi connectivity index (χ4v) is 5.36. The lowest BCUT2D eigenvalue weighted by molar-refractivity contribution is -0.150. The second kappa shape index (κ2) is 5.19. The molecule has 1 saturated carbocycles. The Morgan fingerprint density at radius 2 is 2.04 bits per heavy atom. The average Bonchev–Trinajstić information content (AvgIpc) is 2.83. The maximum absolute atomic E-state index is 11.7. The maximum Gasteiger partial charge on any atom is 0.302 e. The van der Waals surface area contributed by atoms with Gasteiger partial charge in [-0.1, -0.05) is 19.1 Å². The van der Waals surface area contributed by atoms with Crippen LogP contribution in [-0.2, 0) is 14.3 Å². The highest BCUT2D eigenvalue weighted by atomic mass is 16.5. The Bertz CT molecular complexity index is 666. The highest BCUT2D eigenvalue weighted by Crippen LogP contribution is 2.57. The Morgan fingerprint density at radius 1 is 1.22 bits per heavy atom. The second-order valence-corrected chi connectivity index (χ2v) is 7.70. The van der Waals surface area contributed by atoms with Gasteiger partial charge in [0.2, 0.25) is 0 Å². The third-order valence-corrected chi connectivity index (χ3v) is 6.47. The van der Waals surface area contributed by atoms with Crippen LogP contribution in [0.25, 0.3) is 0 Å². The van der Waals surface area contributed by atoms with Crippen LogP contribution in [-0.4, -0.2) is 17.9 Å². The summed E-state index contributed by atoms with van der Waals surface area (Å²) >= 11 is 0. The molecule has 1 fully saturated rings. The van der Waals surface area contributed by atoms with Crippen molar-refractivity contribution in [2.24, 2.45) is 17.3 Å². The van der Waals surface area contributed by atoms with Crippen molar-refractivity contribution in [3.05, 3.63) is 34.9 Å². The molecular formula is C20H24O3. The Hall–Kier alpha value is -1.64. The summed E-state index contributed by atoms with van der Waals surface area (Å²) in [5.41, 5.74) is 4.12. The molecule has 4 rings (SSSR count). The number of esters is 1. The predicted molar refractivity (Wildman–Crippen MR) is 87.6 cm³/mol. The van der Waals surface area contributed by atoms with Gasteiger partial charge in [-0.2, -0.15) is 0 Å². The summed E-state index contributed by atoms with van der Waals surface area (Å²) in [5, 5.41) is 0. The van der Waals surface area contributed by atoms with Crippen LogP contribution >= 0.6 is 0 Å². The van der Waals surface area contributed by atoms with Gasteiger partial charge in [-0.05, 0) is 66.7 Å². The van der Waals surface area contributed by atoms with Crippen LogP contribution in [0.1, 0.15) is 52.4 Å². The molecule has 23 heavy (non-hydrogen) atoms. The molecule has 4 atom stereocenters. The molecule has 0 bridgehead atoms. The maximum atomic E-state index is 11.7. The first-order valence-corrected chi connectivity index (χ1v) is 8.82. The lowest BCUT2D eigenvalue weighted by Gasteiger charge is -2.45. The van der Waals surface area contributed by atoms with E-state index < -0.39 is 0 Å². The number of hydrogen-bond donors (Lipinski definition) is 0. The molecule has 0 radical (unpaired) electrons. The van der Waals surface area contributed by atoms with Crippen LogP contribution in [0, 0.1) is 17.3 Å². The van der Waals surface area contributed by atoms with E-state index in [1.54, 1.807) is 0 Å². The van der Waals surface area contributed by atoms with Crippen LogP contribution < -0.4 is 0 Å². The van der Waals surface area contributed by atoms with Gasteiger partial charge in [-0.25, -0.2) is 0 Å². The Morgan fingerprint density at radius 3 is 2.83 bits per heavy atom. The summed E-state index contributed by atoms with van der Waals surface area (Å²) in [4.78, 5) is 23.1. The highest BCUT2D eigenvalue weighted by molar-refractivity contribution is 5.93. The topological polar surface area (TPSA) is 43.4 Å². The molecule has 4 aliphatic rings. The minimum Gasteiger partial charge on any atom is -0.462 e. The Kier molecular flexibility index (Phi) is 3.36. The fourth-order valence-electron chi connectivity index (χ4n) is 5.36. The van der Waals surface area contributed by atoms with E-state index in [0.29, 0.717) is 18.3 Å². The SMILES string of the molecule is CC(=O)O[C@H]1CC[C@@H]2[C@H]3CCC4=CC(=O)CCC4=C3C=C[C@]12C. The van der Waals surface area contributed by atoms with Crippen LogP contribution in [0.2, 0.25) is 0 Å². The van der Waals surface area contributed by atoms with Gasteiger partial charge in [0.15, 0.2) is 5.78 Å². The molecule has 0 aromatic heterocycles. The van der Waals surface area contributed by atoms with E-state index in [1.165, 1.54) is 23.6 Å². The monoisotopic (exact) mass is 312 g/mol. The third-order valence-electron chi connectivity index (χ3n) is 6.47. The van der Waals surface area contributed by atoms with E-state index in [-0.39, 0.29) is 23.3 Å². The number of rotatable bonds is 1. The summed E-state index contributed by atoms with van der Waals surface area (Å²) in [6.45, 7) is 3.76. The molecule has 3 nitrogen and oxygen atoms in total. The van der Waals surface area contributed by atoms with Gasteiger partial charge in [0, 0.05) is 18.8 Å². The van der Waals surface area contributed by atoms with Crippen molar-refractivity contribution in [1.82, 2.24) is 0 Å². The molecule has 0 N–H and O–H groups in total. The average molecular weight is 312 g/mol. The largest absolute Gasteiger partial charge is 0.462 e. The number of carbonyl (C=O) groups is 2. The Labute approximate surface area is 137 Å². The summed E-state index contributed by atoms with van der Waals surface area (Å²) in [5.74, 6) is 1.22. The number of fused-ring (bicyclic) bond motifs is 4. The first-order valence-electron chi connectivity index (χ1n) is 8.82. The van der Waals surface area contributed by atoms with Crippen LogP contribution in [0.5, 0.6) is 0 Å². The molecule has 0 spiro atoms. The molecular weight excluding hydrogens is 288 g/mol. The van der Waals surface area contributed by atoms with Gasteiger partial charge in [-0.15, -0.1) is 0 Å². The molecule has 0 aromatic rings. The standard InChI is InChI=1S/C20H24O3/c1-12(21)23-19-8-7-18-17-5-3-13-11-14(22)4-6-15(13)16(17)9-10-20(18,19)2/h9-11,17-19H,3-8H2,1-2H3/t17-,18+,19-,20-/m0/s1. The van der Waals surface area contributed by atoms with Crippen molar-refractivity contribution in [3.8, 4) is 0 Å². The molecule has 0 unspecified atom stereocenters. The van der Waals surface area contributed by atoms with Crippen LogP contribution in [0.15, 0.2) is 34.9 Å². The first-order chi connectivity index (χ1) is 11.0. The predicted octanol–water partition coefficient (Wildman–Crippen LogP) is 3.90. The number of carbonyl (C=O) groups excluding carboxylic acids is 2. The second-order valence-electron chi connectivity index (χ2n) is 7.70. The molecule has 0 aliphatic heterocycles. The van der Waals surface area contributed by atoms with Crippen molar-refractivity contribution in [3.63, 3.8) is 0 Å². The summed E-state index contributed by atoms with van der Waals surface area (Å²) in [6, 6.07) is 0. The first kappa shape index (κ1) is 14.9. The van der Waals surface area contributed by atoms with Crippen LogP contribution in [0.3, 0.4) is 0 Å². The number of hydrogen-bond acceptors (Lipinski definition) is 3. The van der Waals surface area contributed by atoms with Crippen molar-refractivity contribution in [2.45, 2.75) is 58.5 Å². The number of ketones is 1. The number of ether oxygens (including phenoxy) is 1. The van der Waals surface area contributed by atoms with Crippen LogP contribution in [0.4, 0.5) is 0 Å². The quantitative estimate of drug-likeness (QED) is 0.690. The zero-order valence-electron chi connectivity index (χ0n) is 13.9. The third kappa shape index (κ3) is 2.24.